The van der Waals surface area contributed by atoms with Crippen LogP contribution in [0.1, 0.15) is 24.7 Å². The van der Waals surface area contributed by atoms with Gasteiger partial charge in [0.25, 0.3) is 0 Å². The second-order valence-electron chi connectivity index (χ2n) is 6.25. The fraction of sp³-hybridized carbons (Fsp3) is 0.471. The van der Waals surface area contributed by atoms with Crippen LogP contribution in [0.5, 0.6) is 0 Å². The normalized spacial score (nSPS) is 17.1. The van der Waals surface area contributed by atoms with E-state index in [4.69, 9.17) is 0 Å². The summed E-state index contributed by atoms with van der Waals surface area (Å²) in [5.41, 5.74) is 0.873. The molecule has 0 spiro atoms. The minimum atomic E-state index is -3.40. The summed E-state index contributed by atoms with van der Waals surface area (Å²) in [6, 6.07) is 9.44. The van der Waals surface area contributed by atoms with Gasteiger partial charge in [-0.15, -0.1) is 5.10 Å². The molecule has 1 aliphatic rings. The number of aromatic nitrogens is 4. The van der Waals surface area contributed by atoms with Gasteiger partial charge in [0.05, 0.1) is 6.54 Å². The van der Waals surface area contributed by atoms with Gasteiger partial charge < -0.3 is 0 Å². The van der Waals surface area contributed by atoms with Gasteiger partial charge in [0.15, 0.2) is 5.82 Å². The topological polar surface area (TPSA) is 84.2 Å². The Balaban J connectivity index is 1.56. The molecule has 2 aromatic rings. The molecule has 8 nitrogen and oxygen atoms in total. The summed E-state index contributed by atoms with van der Waals surface area (Å²) in [5.74, 6) is 0.826. The fourth-order valence-corrected chi connectivity index (χ4v) is 4.05. The summed E-state index contributed by atoms with van der Waals surface area (Å²) in [7, 11) is -3.40. The third kappa shape index (κ3) is 4.75. The quantitative estimate of drug-likeness (QED) is 0.722. The van der Waals surface area contributed by atoms with E-state index in [2.05, 4.69) is 27.3 Å². The van der Waals surface area contributed by atoms with Crippen LogP contribution >= 0.6 is 0 Å². The van der Waals surface area contributed by atoms with E-state index in [-0.39, 0.29) is 0 Å². The van der Waals surface area contributed by atoms with Crippen LogP contribution in [0, 0.1) is 0 Å². The molecule has 2 heterocycles. The van der Waals surface area contributed by atoms with E-state index >= 15 is 0 Å². The van der Waals surface area contributed by atoms with Gasteiger partial charge in [-0.1, -0.05) is 37.3 Å². The van der Waals surface area contributed by atoms with Crippen molar-refractivity contribution in [2.75, 3.05) is 26.2 Å². The zero-order valence-corrected chi connectivity index (χ0v) is 15.7. The lowest BCUT2D eigenvalue weighted by molar-refractivity contribution is 0.176. The second kappa shape index (κ2) is 8.52. The van der Waals surface area contributed by atoms with Crippen molar-refractivity contribution in [2.45, 2.75) is 26.4 Å². The number of nitrogens with zero attached hydrogens (tertiary/aromatic N) is 6. The van der Waals surface area contributed by atoms with Crippen LogP contribution in [-0.2, 0) is 23.1 Å². The Labute approximate surface area is 154 Å². The van der Waals surface area contributed by atoms with Crippen LogP contribution in [-0.4, -0.2) is 64.0 Å². The third-order valence-corrected chi connectivity index (χ3v) is 5.89. The summed E-state index contributed by atoms with van der Waals surface area (Å²) >= 11 is 0. The van der Waals surface area contributed by atoms with Gasteiger partial charge in [-0.25, -0.2) is 13.1 Å². The first kappa shape index (κ1) is 18.7. The summed E-state index contributed by atoms with van der Waals surface area (Å²) in [4.78, 5) is 2.19. The number of tetrazole rings is 1. The van der Waals surface area contributed by atoms with Crippen molar-refractivity contribution >= 4 is 16.1 Å². The molecule has 0 unspecified atom stereocenters. The summed E-state index contributed by atoms with van der Waals surface area (Å²) < 4.78 is 28.3. The molecule has 0 radical (unpaired) electrons. The summed E-state index contributed by atoms with van der Waals surface area (Å²) in [5, 5.41) is 13.1. The van der Waals surface area contributed by atoms with E-state index in [1.165, 1.54) is 9.71 Å². The lowest BCUT2D eigenvalue weighted by atomic mass is 10.2. The van der Waals surface area contributed by atoms with Gasteiger partial charge >= 0.3 is 0 Å². The number of rotatable bonds is 7. The predicted octanol–water partition coefficient (Wildman–Crippen LogP) is 1.20. The van der Waals surface area contributed by atoms with Gasteiger partial charge in [-0.2, -0.15) is 4.31 Å². The maximum atomic E-state index is 12.5. The number of piperazine rings is 1. The van der Waals surface area contributed by atoms with Crippen LogP contribution in [0.3, 0.4) is 0 Å². The highest BCUT2D eigenvalue weighted by atomic mass is 32.2. The fourth-order valence-electron chi connectivity index (χ4n) is 2.88. The Morgan fingerprint density at radius 1 is 1.12 bits per heavy atom. The molecule has 1 aromatic carbocycles. The SMILES string of the molecule is CCCn1nnnc1CN1CCN(S(=O)(=O)/C=C/c2ccccc2)CC1. The average molecular weight is 376 g/mol. The highest BCUT2D eigenvalue weighted by Gasteiger charge is 2.25. The summed E-state index contributed by atoms with van der Waals surface area (Å²) in [6.45, 7) is 5.78. The van der Waals surface area contributed by atoms with Crippen molar-refractivity contribution in [2.24, 2.45) is 0 Å². The second-order valence-corrected chi connectivity index (χ2v) is 8.07. The zero-order chi connectivity index (χ0) is 18.4. The van der Waals surface area contributed by atoms with E-state index < -0.39 is 10.0 Å². The number of aryl methyl sites for hydroxylation is 1. The molecule has 0 N–H and O–H groups in total. The monoisotopic (exact) mass is 376 g/mol. The van der Waals surface area contributed by atoms with E-state index in [1.54, 1.807) is 6.08 Å². The van der Waals surface area contributed by atoms with E-state index in [0.29, 0.717) is 32.7 Å². The van der Waals surface area contributed by atoms with Gasteiger partial charge in [0, 0.05) is 38.1 Å². The largest absolute Gasteiger partial charge is 0.293 e. The first-order valence-electron chi connectivity index (χ1n) is 8.79. The zero-order valence-electron chi connectivity index (χ0n) is 14.9. The Morgan fingerprint density at radius 3 is 2.54 bits per heavy atom. The molecule has 0 aliphatic carbocycles. The number of hydrogen-bond acceptors (Lipinski definition) is 6. The van der Waals surface area contributed by atoms with Gasteiger partial charge in [0.2, 0.25) is 10.0 Å². The third-order valence-electron chi connectivity index (χ3n) is 4.33. The van der Waals surface area contributed by atoms with Crippen LogP contribution in [0.2, 0.25) is 0 Å². The lowest BCUT2D eigenvalue weighted by Gasteiger charge is -2.32. The Bertz CT molecular complexity index is 826. The molecule has 140 valence electrons. The summed E-state index contributed by atoms with van der Waals surface area (Å²) in [6.07, 6.45) is 2.61. The first-order valence-corrected chi connectivity index (χ1v) is 10.3. The van der Waals surface area contributed by atoms with Crippen LogP contribution in [0.25, 0.3) is 6.08 Å². The minimum absolute atomic E-state index is 0.469. The standard InChI is InChI=1S/C17H24N6O2S/c1-2-9-23-17(18-19-20-23)15-21-10-12-22(13-11-21)26(24,25)14-8-16-6-4-3-5-7-16/h3-8,14H,2,9-13,15H2,1H3/b14-8+. The molecule has 3 rings (SSSR count). The molecule has 0 amide bonds. The highest BCUT2D eigenvalue weighted by Crippen LogP contribution is 2.13. The van der Waals surface area contributed by atoms with Gasteiger partial charge in [-0.05, 0) is 28.5 Å². The molecule has 1 aliphatic heterocycles. The molecular weight excluding hydrogens is 352 g/mol. The minimum Gasteiger partial charge on any atom is -0.293 e. The van der Waals surface area contributed by atoms with E-state index in [0.717, 1.165) is 24.4 Å². The first-order chi connectivity index (χ1) is 12.6. The van der Waals surface area contributed by atoms with Crippen molar-refractivity contribution in [3.05, 3.63) is 47.1 Å². The Hall–Kier alpha value is -2.10. The van der Waals surface area contributed by atoms with Gasteiger partial charge in [-0.3, -0.25) is 4.90 Å². The molecule has 1 saturated heterocycles. The number of sulfonamides is 1. The van der Waals surface area contributed by atoms with Gasteiger partial charge in [0.1, 0.15) is 0 Å². The van der Waals surface area contributed by atoms with Crippen molar-refractivity contribution in [3.8, 4) is 0 Å². The Kier molecular flexibility index (Phi) is 6.12. The van der Waals surface area contributed by atoms with E-state index in [9.17, 15) is 8.42 Å². The molecule has 0 bridgehead atoms. The van der Waals surface area contributed by atoms with Crippen molar-refractivity contribution in [3.63, 3.8) is 0 Å². The molecular formula is C17H24N6O2S. The Morgan fingerprint density at radius 2 is 1.85 bits per heavy atom. The molecule has 0 saturated carbocycles. The van der Waals surface area contributed by atoms with Crippen LogP contribution < -0.4 is 0 Å². The molecule has 1 fully saturated rings. The smallest absolute Gasteiger partial charge is 0.236 e. The lowest BCUT2D eigenvalue weighted by Crippen LogP contribution is -2.47. The molecule has 9 heteroatoms. The highest BCUT2D eigenvalue weighted by molar-refractivity contribution is 7.92. The number of hydrogen-bond donors (Lipinski definition) is 0. The average Bonchev–Trinajstić information content (AvgIpc) is 3.09. The molecule has 1 aromatic heterocycles. The molecule has 0 atom stereocenters. The van der Waals surface area contributed by atoms with E-state index in [1.807, 2.05) is 35.0 Å². The molecule has 26 heavy (non-hydrogen) atoms. The predicted molar refractivity (Wildman–Crippen MR) is 99.4 cm³/mol. The van der Waals surface area contributed by atoms with Crippen molar-refractivity contribution < 1.29 is 8.42 Å². The van der Waals surface area contributed by atoms with Crippen molar-refractivity contribution in [1.82, 2.24) is 29.4 Å². The maximum Gasteiger partial charge on any atom is 0.236 e. The maximum absolute atomic E-state index is 12.5. The van der Waals surface area contributed by atoms with Crippen LogP contribution in [0.4, 0.5) is 0 Å². The van der Waals surface area contributed by atoms with Crippen LogP contribution in [0.15, 0.2) is 35.7 Å². The van der Waals surface area contributed by atoms with Crippen molar-refractivity contribution in [1.29, 1.82) is 0 Å². The number of benzene rings is 1.